The Bertz CT molecular complexity index is 2250. The molecule has 3 aliphatic rings. The van der Waals surface area contributed by atoms with Crippen LogP contribution in [0, 0.1) is 23.0 Å². The molecule has 2 aromatic carbocycles. The third kappa shape index (κ3) is 7.23. The monoisotopic (exact) mass is 805 g/mol. The molecule has 5 heterocycles. The summed E-state index contributed by atoms with van der Waals surface area (Å²) in [6.45, 7) is 16.6. The van der Waals surface area contributed by atoms with Crippen LogP contribution < -0.4 is 9.64 Å². The average Bonchev–Trinajstić information content (AvgIpc) is 3.73. The third-order valence-electron chi connectivity index (χ3n) is 12.4. The number of benzene rings is 2. The number of nitrogens with zero attached hydrogens (tertiary/aromatic N) is 7. The SMILES string of the molecule is C=C(F)C(=O)N1CCN(c2nc(OCC34CCCN3C(CO[Si](C)(C)C(C)(C)C)CC4)nc3c(F)c(-c4cccc5ccc(F)c(Cl)c45)ncc23)C[C@@H]1CC#N. The Kier molecular flexibility index (Phi) is 10.9. The number of anilines is 1. The van der Waals surface area contributed by atoms with E-state index in [9.17, 15) is 18.8 Å². The van der Waals surface area contributed by atoms with Crippen molar-refractivity contribution in [1.29, 1.82) is 5.26 Å². The minimum Gasteiger partial charge on any atom is -0.461 e. The Morgan fingerprint density at radius 2 is 1.91 bits per heavy atom. The first-order valence-corrected chi connectivity index (χ1v) is 22.4. The summed E-state index contributed by atoms with van der Waals surface area (Å²) >= 11 is 6.45. The zero-order valence-corrected chi connectivity index (χ0v) is 34.2. The van der Waals surface area contributed by atoms with Crippen LogP contribution in [0.15, 0.2) is 48.9 Å². The molecule has 1 amide bonds. The van der Waals surface area contributed by atoms with E-state index >= 15 is 4.39 Å². The molecule has 4 aromatic rings. The first kappa shape index (κ1) is 39.9. The summed E-state index contributed by atoms with van der Waals surface area (Å²) in [5.41, 5.74) is -0.116. The number of halogens is 4. The zero-order valence-electron chi connectivity index (χ0n) is 32.5. The summed E-state index contributed by atoms with van der Waals surface area (Å²) < 4.78 is 58.9. The van der Waals surface area contributed by atoms with Crippen molar-refractivity contribution in [3.63, 3.8) is 0 Å². The van der Waals surface area contributed by atoms with Gasteiger partial charge in [-0.25, -0.2) is 13.2 Å². The van der Waals surface area contributed by atoms with Gasteiger partial charge in [0.25, 0.3) is 5.91 Å². The van der Waals surface area contributed by atoms with E-state index in [-0.39, 0.29) is 76.9 Å². The second-order valence-corrected chi connectivity index (χ2v) is 21.9. The summed E-state index contributed by atoms with van der Waals surface area (Å²) in [4.78, 5) is 32.3. The molecule has 2 unspecified atom stereocenters. The number of aromatic nitrogens is 3. The van der Waals surface area contributed by atoms with Crippen molar-refractivity contribution in [3.05, 3.63) is 65.6 Å². The fourth-order valence-corrected chi connectivity index (χ4v) is 9.60. The molecule has 2 aromatic heterocycles. The lowest BCUT2D eigenvalue weighted by atomic mass is 9.95. The molecule has 3 atom stereocenters. The molecule has 0 N–H and O–H groups in total. The van der Waals surface area contributed by atoms with Crippen LogP contribution in [-0.4, -0.2) is 96.0 Å². The van der Waals surface area contributed by atoms with E-state index in [1.54, 1.807) is 24.3 Å². The van der Waals surface area contributed by atoms with E-state index in [1.165, 1.54) is 17.2 Å². The van der Waals surface area contributed by atoms with E-state index in [1.807, 2.05) is 4.90 Å². The maximum absolute atomic E-state index is 17.0. The Morgan fingerprint density at radius 1 is 1.12 bits per heavy atom. The number of rotatable bonds is 10. The molecule has 0 spiro atoms. The molecule has 0 bridgehead atoms. The molecule has 0 radical (unpaired) electrons. The highest BCUT2D eigenvalue weighted by Gasteiger charge is 2.51. The van der Waals surface area contributed by atoms with E-state index in [2.05, 4.69) is 61.4 Å². The van der Waals surface area contributed by atoms with Gasteiger partial charge < -0.3 is 19.0 Å². The summed E-state index contributed by atoms with van der Waals surface area (Å²) in [7, 11) is -1.96. The maximum Gasteiger partial charge on any atom is 0.319 e. The van der Waals surface area contributed by atoms with Gasteiger partial charge >= 0.3 is 6.01 Å². The molecule has 0 aliphatic carbocycles. The van der Waals surface area contributed by atoms with Crippen LogP contribution in [-0.2, 0) is 9.22 Å². The van der Waals surface area contributed by atoms with Crippen molar-refractivity contribution in [1.82, 2.24) is 24.8 Å². The van der Waals surface area contributed by atoms with Crippen LogP contribution in [0.4, 0.5) is 19.0 Å². The number of hydrogen-bond acceptors (Lipinski definition) is 9. The van der Waals surface area contributed by atoms with Gasteiger partial charge in [0.2, 0.25) is 0 Å². The number of nitriles is 1. The van der Waals surface area contributed by atoms with E-state index < -0.39 is 37.7 Å². The number of piperazine rings is 1. The Balaban J connectivity index is 1.26. The van der Waals surface area contributed by atoms with Crippen LogP contribution in [0.25, 0.3) is 32.9 Å². The quantitative estimate of drug-likeness (QED) is 0.115. The number of fused-ring (bicyclic) bond motifs is 3. The van der Waals surface area contributed by atoms with Gasteiger partial charge in [-0.3, -0.25) is 14.7 Å². The molecule has 3 aliphatic heterocycles. The van der Waals surface area contributed by atoms with E-state index in [4.69, 9.17) is 25.7 Å². The molecule has 0 saturated carbocycles. The minimum atomic E-state index is -1.96. The van der Waals surface area contributed by atoms with E-state index in [0.717, 1.165) is 32.2 Å². The zero-order chi connectivity index (χ0) is 40.2. The van der Waals surface area contributed by atoms with Crippen molar-refractivity contribution in [2.75, 3.05) is 44.3 Å². The molecule has 3 fully saturated rings. The highest BCUT2D eigenvalue weighted by atomic mass is 35.5. The Labute approximate surface area is 331 Å². The largest absolute Gasteiger partial charge is 0.461 e. The van der Waals surface area contributed by atoms with Crippen LogP contribution in [0.1, 0.15) is 52.9 Å². The lowest BCUT2D eigenvalue weighted by Gasteiger charge is -2.41. The highest BCUT2D eigenvalue weighted by Crippen LogP contribution is 2.45. The number of carbonyl (C=O) groups is 1. The van der Waals surface area contributed by atoms with Crippen molar-refractivity contribution in [2.45, 2.75) is 88.6 Å². The molecule has 10 nitrogen and oxygen atoms in total. The number of carbonyl (C=O) groups excluding carboxylic acids is 1. The van der Waals surface area contributed by atoms with Gasteiger partial charge in [-0.2, -0.15) is 15.2 Å². The van der Waals surface area contributed by atoms with Crippen molar-refractivity contribution < 1.29 is 27.1 Å². The smallest absolute Gasteiger partial charge is 0.319 e. The second kappa shape index (κ2) is 15.2. The van der Waals surface area contributed by atoms with Crippen LogP contribution in [0.2, 0.25) is 23.2 Å². The molecule has 296 valence electrons. The van der Waals surface area contributed by atoms with Crippen molar-refractivity contribution in [2.24, 2.45) is 0 Å². The van der Waals surface area contributed by atoms with Gasteiger partial charge in [-0.1, -0.05) is 63.2 Å². The first-order valence-electron chi connectivity index (χ1n) is 19.1. The van der Waals surface area contributed by atoms with Crippen LogP contribution >= 0.6 is 11.6 Å². The topological polar surface area (TPSA) is 108 Å². The van der Waals surface area contributed by atoms with Gasteiger partial charge in [-0.05, 0) is 61.8 Å². The standard InChI is InChI=1S/C41H47ClF3N7O3Si/c1-25(43)38(53)51-20-19-50(22-27(51)14-17-46)37-30-21-47-35(29-10-7-9-26-11-12-31(44)33(42)32(26)29)34(45)36(30)48-39(49-37)54-24-41-15-8-18-52(41)28(13-16-41)23-55-56(5,6)40(2,3)4/h7,9-12,21,27-28H,1,8,13-16,18-20,22-24H2,2-6H3/t27-,28?,41?/m0/s1. The van der Waals surface area contributed by atoms with Gasteiger partial charge in [-0.15, -0.1) is 0 Å². The lowest BCUT2D eigenvalue weighted by Crippen LogP contribution is -2.55. The summed E-state index contributed by atoms with van der Waals surface area (Å²) in [5, 5.41) is 10.8. The fraction of sp³-hybridized carbons (Fsp3) is 0.488. The van der Waals surface area contributed by atoms with Crippen molar-refractivity contribution in [3.8, 4) is 23.3 Å². The van der Waals surface area contributed by atoms with Crippen LogP contribution in [0.3, 0.4) is 0 Å². The molecule has 15 heteroatoms. The summed E-state index contributed by atoms with van der Waals surface area (Å²) in [6.07, 6.45) is 5.20. The lowest BCUT2D eigenvalue weighted by molar-refractivity contribution is -0.131. The predicted molar refractivity (Wildman–Crippen MR) is 214 cm³/mol. The third-order valence-corrected chi connectivity index (χ3v) is 17.3. The highest BCUT2D eigenvalue weighted by molar-refractivity contribution is 6.74. The molecule has 7 rings (SSSR count). The second-order valence-electron chi connectivity index (χ2n) is 16.7. The van der Waals surface area contributed by atoms with Gasteiger partial charge in [0.1, 0.15) is 29.5 Å². The van der Waals surface area contributed by atoms with Crippen LogP contribution in [0.5, 0.6) is 6.01 Å². The van der Waals surface area contributed by atoms with Gasteiger partial charge in [0.15, 0.2) is 20.0 Å². The maximum atomic E-state index is 17.0. The Hall–Kier alpha value is -4.29. The molecule has 3 saturated heterocycles. The average molecular weight is 806 g/mol. The number of pyridine rings is 1. The first-order chi connectivity index (χ1) is 26.5. The summed E-state index contributed by atoms with van der Waals surface area (Å²) in [6, 6.07) is 9.55. The number of hydrogen-bond donors (Lipinski definition) is 0. The molecular weight excluding hydrogens is 759 g/mol. The molecular formula is C41H47ClF3N7O3Si. The molecule has 56 heavy (non-hydrogen) atoms. The fourth-order valence-electron chi connectivity index (χ4n) is 8.28. The normalized spacial score (nSPS) is 21.8. The number of amides is 1. The van der Waals surface area contributed by atoms with Gasteiger partial charge in [0.05, 0.1) is 34.5 Å². The minimum absolute atomic E-state index is 0.0415. The van der Waals surface area contributed by atoms with E-state index in [0.29, 0.717) is 28.8 Å². The van der Waals surface area contributed by atoms with Crippen molar-refractivity contribution >= 4 is 53.3 Å². The van der Waals surface area contributed by atoms with Gasteiger partial charge in [0, 0.05) is 49.4 Å². The summed E-state index contributed by atoms with van der Waals surface area (Å²) in [5.74, 6) is -3.11. The Morgan fingerprint density at radius 3 is 2.64 bits per heavy atom. The predicted octanol–water partition coefficient (Wildman–Crippen LogP) is 8.59. The number of ether oxygens (including phenoxy) is 1.